The minimum atomic E-state index is -0.359. The largest absolute Gasteiger partial charge is 0.491 e. The molecule has 2 N–H and O–H groups in total. The Kier molecular flexibility index (Phi) is 3.22. The van der Waals surface area contributed by atoms with Crippen molar-refractivity contribution in [2.75, 3.05) is 6.61 Å². The number of nitrogens with two attached hydrogens (primary N) is 1. The summed E-state index contributed by atoms with van der Waals surface area (Å²) in [4.78, 5) is 4.25. The lowest BCUT2D eigenvalue weighted by Crippen LogP contribution is -2.38. The molecule has 0 amide bonds. The van der Waals surface area contributed by atoms with Gasteiger partial charge in [-0.15, -0.1) is 0 Å². The summed E-state index contributed by atoms with van der Waals surface area (Å²) in [5.41, 5.74) is 6.35. The molecule has 0 saturated carbocycles. The SMILES string of the molecule is CC(C)(N)COc1ccnc2cc(Cl)ccc12. The van der Waals surface area contributed by atoms with Gasteiger partial charge in [-0.05, 0) is 38.1 Å². The topological polar surface area (TPSA) is 48.1 Å². The maximum absolute atomic E-state index is 5.92. The number of pyridine rings is 1. The molecule has 0 aliphatic carbocycles. The highest BCUT2D eigenvalue weighted by molar-refractivity contribution is 6.31. The van der Waals surface area contributed by atoms with Gasteiger partial charge >= 0.3 is 0 Å². The van der Waals surface area contributed by atoms with E-state index in [0.717, 1.165) is 16.7 Å². The van der Waals surface area contributed by atoms with Crippen molar-refractivity contribution in [1.29, 1.82) is 0 Å². The van der Waals surface area contributed by atoms with Crippen LogP contribution in [0.1, 0.15) is 13.8 Å². The maximum Gasteiger partial charge on any atom is 0.130 e. The Hall–Kier alpha value is -1.32. The molecule has 2 rings (SSSR count). The summed E-state index contributed by atoms with van der Waals surface area (Å²) in [6, 6.07) is 7.38. The van der Waals surface area contributed by atoms with E-state index >= 15 is 0 Å². The number of aromatic nitrogens is 1. The van der Waals surface area contributed by atoms with E-state index in [-0.39, 0.29) is 5.54 Å². The van der Waals surface area contributed by atoms with Gasteiger partial charge in [0, 0.05) is 22.1 Å². The number of hydrogen-bond acceptors (Lipinski definition) is 3. The highest BCUT2D eigenvalue weighted by Crippen LogP contribution is 2.26. The van der Waals surface area contributed by atoms with E-state index in [0.29, 0.717) is 11.6 Å². The van der Waals surface area contributed by atoms with E-state index in [9.17, 15) is 0 Å². The van der Waals surface area contributed by atoms with Gasteiger partial charge in [0.1, 0.15) is 12.4 Å². The van der Waals surface area contributed by atoms with E-state index in [1.165, 1.54) is 0 Å². The third-order valence-electron chi connectivity index (χ3n) is 2.26. The van der Waals surface area contributed by atoms with Crippen LogP contribution in [-0.2, 0) is 0 Å². The van der Waals surface area contributed by atoms with Crippen LogP contribution in [0.4, 0.5) is 0 Å². The molecule has 0 unspecified atom stereocenters. The van der Waals surface area contributed by atoms with Crippen molar-refractivity contribution in [3.63, 3.8) is 0 Å². The van der Waals surface area contributed by atoms with Crippen molar-refractivity contribution < 1.29 is 4.74 Å². The van der Waals surface area contributed by atoms with E-state index < -0.39 is 0 Å². The number of hydrogen-bond donors (Lipinski definition) is 1. The van der Waals surface area contributed by atoms with Gasteiger partial charge in [-0.1, -0.05) is 11.6 Å². The summed E-state index contributed by atoms with van der Waals surface area (Å²) in [6.45, 7) is 4.30. The zero-order valence-corrected chi connectivity index (χ0v) is 10.7. The maximum atomic E-state index is 5.92. The number of nitrogens with zero attached hydrogens (tertiary/aromatic N) is 1. The standard InChI is InChI=1S/C13H15ClN2O/c1-13(2,15)8-17-12-5-6-16-11-7-9(14)3-4-10(11)12/h3-7H,8,15H2,1-2H3. The Morgan fingerprint density at radius 3 is 2.82 bits per heavy atom. The van der Waals surface area contributed by atoms with Crippen LogP contribution in [0.25, 0.3) is 10.9 Å². The second-order valence-electron chi connectivity index (χ2n) is 4.75. The summed E-state index contributed by atoms with van der Waals surface area (Å²) in [5.74, 6) is 0.783. The fraction of sp³-hybridized carbons (Fsp3) is 0.308. The minimum absolute atomic E-state index is 0.359. The van der Waals surface area contributed by atoms with Crippen LogP contribution in [0.3, 0.4) is 0 Å². The Bertz CT molecular complexity index is 534. The summed E-state index contributed by atoms with van der Waals surface area (Å²) in [5, 5.41) is 1.61. The average molecular weight is 251 g/mol. The first-order chi connectivity index (χ1) is 7.96. The molecule has 0 atom stereocenters. The summed E-state index contributed by atoms with van der Waals surface area (Å²) in [7, 11) is 0. The van der Waals surface area contributed by atoms with Gasteiger partial charge in [-0.25, -0.2) is 0 Å². The normalized spacial score (nSPS) is 11.8. The predicted molar refractivity (Wildman–Crippen MR) is 70.5 cm³/mol. The third-order valence-corrected chi connectivity index (χ3v) is 2.50. The fourth-order valence-corrected chi connectivity index (χ4v) is 1.65. The van der Waals surface area contributed by atoms with E-state index in [1.54, 1.807) is 6.20 Å². The molecule has 0 spiro atoms. The summed E-state index contributed by atoms with van der Waals surface area (Å²) < 4.78 is 5.72. The quantitative estimate of drug-likeness (QED) is 0.911. The van der Waals surface area contributed by atoms with E-state index in [1.807, 2.05) is 38.1 Å². The fourth-order valence-electron chi connectivity index (χ4n) is 1.48. The average Bonchev–Trinajstić information content (AvgIpc) is 2.24. The number of rotatable bonds is 3. The first-order valence-electron chi connectivity index (χ1n) is 5.42. The Morgan fingerprint density at radius 2 is 2.12 bits per heavy atom. The molecule has 0 saturated heterocycles. The second-order valence-corrected chi connectivity index (χ2v) is 5.18. The molecule has 0 aliphatic heterocycles. The van der Waals surface area contributed by atoms with Crippen molar-refractivity contribution >= 4 is 22.5 Å². The lowest BCUT2D eigenvalue weighted by atomic mass is 10.1. The number of fused-ring (bicyclic) bond motifs is 1. The van der Waals surface area contributed by atoms with Gasteiger partial charge in [0.15, 0.2) is 0 Å². The number of ether oxygens (including phenoxy) is 1. The van der Waals surface area contributed by atoms with Gasteiger partial charge in [-0.3, -0.25) is 4.98 Å². The summed E-state index contributed by atoms with van der Waals surface area (Å²) >= 11 is 5.92. The molecular formula is C13H15ClN2O. The monoisotopic (exact) mass is 250 g/mol. The highest BCUT2D eigenvalue weighted by Gasteiger charge is 2.12. The van der Waals surface area contributed by atoms with Crippen molar-refractivity contribution in [1.82, 2.24) is 4.98 Å². The molecule has 0 fully saturated rings. The Balaban J connectivity index is 2.34. The van der Waals surface area contributed by atoms with Crippen LogP contribution in [0.5, 0.6) is 5.75 Å². The minimum Gasteiger partial charge on any atom is -0.491 e. The lowest BCUT2D eigenvalue weighted by molar-refractivity contribution is 0.246. The molecule has 3 nitrogen and oxygen atoms in total. The molecule has 0 bridgehead atoms. The first kappa shape index (κ1) is 12.1. The molecule has 17 heavy (non-hydrogen) atoms. The molecule has 0 aliphatic rings. The molecule has 90 valence electrons. The lowest BCUT2D eigenvalue weighted by Gasteiger charge is -2.19. The molecular weight excluding hydrogens is 236 g/mol. The zero-order chi connectivity index (χ0) is 12.5. The van der Waals surface area contributed by atoms with Crippen LogP contribution in [-0.4, -0.2) is 17.1 Å². The van der Waals surface area contributed by atoms with Crippen LogP contribution >= 0.6 is 11.6 Å². The number of benzene rings is 1. The number of halogens is 1. The van der Waals surface area contributed by atoms with Gasteiger partial charge in [0.05, 0.1) is 5.52 Å². The Labute approximate surface area is 106 Å². The molecule has 1 aromatic heterocycles. The van der Waals surface area contributed by atoms with Crippen LogP contribution in [0.2, 0.25) is 5.02 Å². The van der Waals surface area contributed by atoms with Crippen LogP contribution < -0.4 is 10.5 Å². The van der Waals surface area contributed by atoms with Crippen molar-refractivity contribution in [3.8, 4) is 5.75 Å². The van der Waals surface area contributed by atoms with Gasteiger partial charge < -0.3 is 10.5 Å². The summed E-state index contributed by atoms with van der Waals surface area (Å²) in [6.07, 6.45) is 1.71. The van der Waals surface area contributed by atoms with Crippen molar-refractivity contribution in [2.45, 2.75) is 19.4 Å². The van der Waals surface area contributed by atoms with Crippen molar-refractivity contribution in [2.24, 2.45) is 5.73 Å². The molecule has 1 aromatic carbocycles. The van der Waals surface area contributed by atoms with Crippen molar-refractivity contribution in [3.05, 3.63) is 35.5 Å². The zero-order valence-electron chi connectivity index (χ0n) is 9.90. The highest BCUT2D eigenvalue weighted by atomic mass is 35.5. The van der Waals surface area contributed by atoms with Gasteiger partial charge in [0.25, 0.3) is 0 Å². The Morgan fingerprint density at radius 1 is 1.35 bits per heavy atom. The molecule has 1 heterocycles. The predicted octanol–water partition coefficient (Wildman–Crippen LogP) is 3.00. The van der Waals surface area contributed by atoms with E-state index in [4.69, 9.17) is 22.1 Å². The first-order valence-corrected chi connectivity index (χ1v) is 5.79. The smallest absolute Gasteiger partial charge is 0.130 e. The second kappa shape index (κ2) is 4.51. The van der Waals surface area contributed by atoms with Gasteiger partial charge in [-0.2, -0.15) is 0 Å². The van der Waals surface area contributed by atoms with E-state index in [2.05, 4.69) is 4.98 Å². The molecule has 4 heteroatoms. The van der Waals surface area contributed by atoms with Crippen LogP contribution in [0.15, 0.2) is 30.5 Å². The third kappa shape index (κ3) is 3.08. The molecule has 0 radical (unpaired) electrons. The van der Waals surface area contributed by atoms with Gasteiger partial charge in [0.2, 0.25) is 0 Å². The van der Waals surface area contributed by atoms with Crippen LogP contribution in [0, 0.1) is 0 Å². The molecule has 2 aromatic rings.